The molecule has 7 nitrogen and oxygen atoms in total. The van der Waals surface area contributed by atoms with Gasteiger partial charge in [-0.1, -0.05) is 11.6 Å². The second-order valence-corrected chi connectivity index (χ2v) is 7.99. The van der Waals surface area contributed by atoms with E-state index in [1.165, 1.54) is 22.8 Å². The van der Waals surface area contributed by atoms with Gasteiger partial charge in [-0.3, -0.25) is 9.59 Å². The first-order valence-electron chi connectivity index (χ1n) is 9.67. The molecular weight excluding hydrogens is 456 g/mol. The number of hydrogen-bond donors (Lipinski definition) is 3. The molecule has 3 N–H and O–H groups in total. The van der Waals surface area contributed by atoms with E-state index in [1.54, 1.807) is 0 Å². The van der Waals surface area contributed by atoms with E-state index in [9.17, 15) is 27.2 Å². The van der Waals surface area contributed by atoms with Crippen LogP contribution in [0.5, 0.6) is 0 Å². The molecule has 0 bridgehead atoms. The van der Waals surface area contributed by atoms with E-state index in [0.29, 0.717) is 18.4 Å². The van der Waals surface area contributed by atoms with Gasteiger partial charge in [0.1, 0.15) is 11.3 Å². The number of H-pyrrole nitrogens is 1. The van der Waals surface area contributed by atoms with E-state index in [-0.39, 0.29) is 33.4 Å². The topological polar surface area (TPSA) is 99.5 Å². The predicted molar refractivity (Wildman–Crippen MR) is 107 cm³/mol. The summed E-state index contributed by atoms with van der Waals surface area (Å²) < 4.78 is 53.6. The van der Waals surface area contributed by atoms with Crippen molar-refractivity contribution < 1.29 is 27.5 Å². The summed E-state index contributed by atoms with van der Waals surface area (Å²) in [4.78, 5) is 28.1. The molecule has 12 heteroatoms. The van der Waals surface area contributed by atoms with Gasteiger partial charge in [0, 0.05) is 23.9 Å². The number of benzene rings is 1. The van der Waals surface area contributed by atoms with Crippen molar-refractivity contribution >= 4 is 23.0 Å². The van der Waals surface area contributed by atoms with Crippen LogP contribution < -0.4 is 10.9 Å². The Labute approximate surface area is 183 Å². The SMILES string of the molecule is O=C(NCC(CO)C(F)(F)F)c1cn2nc(-c3ccc(Cl)c(F)c3)[nH]c(=O)c2c1C1CC1. The number of carbonyl (C=O) groups is 1. The Kier molecular flexibility index (Phi) is 5.72. The second-order valence-electron chi connectivity index (χ2n) is 7.59. The lowest BCUT2D eigenvalue weighted by molar-refractivity contribution is -0.181. The Morgan fingerprint density at radius 1 is 1.38 bits per heavy atom. The van der Waals surface area contributed by atoms with Crippen molar-refractivity contribution in [1.29, 1.82) is 0 Å². The van der Waals surface area contributed by atoms with Gasteiger partial charge in [0.2, 0.25) is 0 Å². The molecule has 1 fully saturated rings. The van der Waals surface area contributed by atoms with Crippen LogP contribution in [0.25, 0.3) is 16.9 Å². The Bertz CT molecular complexity index is 1250. The minimum absolute atomic E-state index is 0.0276. The van der Waals surface area contributed by atoms with E-state index < -0.39 is 42.5 Å². The monoisotopic (exact) mass is 472 g/mol. The van der Waals surface area contributed by atoms with E-state index >= 15 is 0 Å². The average molecular weight is 473 g/mol. The highest BCUT2D eigenvalue weighted by atomic mass is 35.5. The third-order valence-electron chi connectivity index (χ3n) is 5.30. The zero-order valence-corrected chi connectivity index (χ0v) is 17.1. The van der Waals surface area contributed by atoms with Gasteiger partial charge in [-0.05, 0) is 37.0 Å². The smallest absolute Gasteiger partial charge is 0.395 e. The molecule has 0 saturated heterocycles. The number of alkyl halides is 3. The first-order chi connectivity index (χ1) is 15.1. The number of aliphatic hydroxyl groups excluding tert-OH is 1. The largest absolute Gasteiger partial charge is 0.396 e. The van der Waals surface area contributed by atoms with E-state index in [4.69, 9.17) is 16.7 Å². The number of amides is 1. The summed E-state index contributed by atoms with van der Waals surface area (Å²) in [7, 11) is 0. The Morgan fingerprint density at radius 3 is 2.69 bits per heavy atom. The number of aromatic amines is 1. The first kappa shape index (κ1) is 22.3. The summed E-state index contributed by atoms with van der Waals surface area (Å²) in [6.07, 6.45) is -1.98. The zero-order chi connectivity index (χ0) is 23.2. The molecule has 0 spiro atoms. The Morgan fingerprint density at radius 2 is 2.09 bits per heavy atom. The molecule has 1 amide bonds. The quantitative estimate of drug-likeness (QED) is 0.479. The normalized spacial score (nSPS) is 15.2. The van der Waals surface area contributed by atoms with Crippen molar-refractivity contribution in [2.45, 2.75) is 24.9 Å². The molecule has 1 saturated carbocycles. The van der Waals surface area contributed by atoms with Gasteiger partial charge >= 0.3 is 6.18 Å². The number of fused-ring (bicyclic) bond motifs is 1. The van der Waals surface area contributed by atoms with Crippen LogP contribution in [-0.2, 0) is 0 Å². The lowest BCUT2D eigenvalue weighted by Crippen LogP contribution is -2.38. The molecule has 1 unspecified atom stereocenters. The van der Waals surface area contributed by atoms with E-state index in [1.807, 2.05) is 0 Å². The van der Waals surface area contributed by atoms with Crippen LogP contribution >= 0.6 is 11.6 Å². The number of aromatic nitrogens is 3. The minimum atomic E-state index is -4.67. The van der Waals surface area contributed by atoms with Crippen LogP contribution in [-0.4, -0.2) is 44.9 Å². The third kappa shape index (κ3) is 4.22. The molecule has 3 aromatic rings. The maximum Gasteiger partial charge on any atom is 0.395 e. The number of halogens is 5. The summed E-state index contributed by atoms with van der Waals surface area (Å²) >= 11 is 5.68. The minimum Gasteiger partial charge on any atom is -0.396 e. The predicted octanol–water partition coefficient (Wildman–Crippen LogP) is 3.26. The number of aliphatic hydroxyl groups is 1. The lowest BCUT2D eigenvalue weighted by Gasteiger charge is -2.18. The molecule has 170 valence electrons. The number of rotatable bonds is 6. The van der Waals surface area contributed by atoms with Crippen LogP contribution in [0, 0.1) is 11.7 Å². The summed E-state index contributed by atoms with van der Waals surface area (Å²) in [6, 6.07) is 3.86. The van der Waals surface area contributed by atoms with Crippen molar-refractivity contribution in [2.75, 3.05) is 13.2 Å². The van der Waals surface area contributed by atoms with Gasteiger partial charge in [-0.15, -0.1) is 5.10 Å². The molecule has 1 aromatic carbocycles. The first-order valence-corrected chi connectivity index (χ1v) is 10.0. The van der Waals surface area contributed by atoms with Crippen LogP contribution in [0.15, 0.2) is 29.2 Å². The molecule has 4 rings (SSSR count). The van der Waals surface area contributed by atoms with Crippen molar-refractivity contribution in [2.24, 2.45) is 5.92 Å². The standard InChI is InChI=1S/C20H17ClF4N4O3/c21-13-4-3-10(5-14(13)22)17-27-19(32)16-15(9-1-2-9)12(7-29(16)28-17)18(31)26-6-11(8-30)20(23,24)25/h3-5,7,9,11,30H,1-2,6,8H2,(H,26,31)(H,27,28,32). The van der Waals surface area contributed by atoms with Gasteiger partial charge in [0.15, 0.2) is 5.82 Å². The highest BCUT2D eigenvalue weighted by molar-refractivity contribution is 6.30. The highest BCUT2D eigenvalue weighted by Crippen LogP contribution is 2.43. The molecule has 1 atom stereocenters. The summed E-state index contributed by atoms with van der Waals surface area (Å²) in [6.45, 7) is -1.98. The van der Waals surface area contributed by atoms with Gasteiger partial charge in [-0.25, -0.2) is 8.91 Å². The fraction of sp³-hybridized carbons (Fsp3) is 0.350. The van der Waals surface area contributed by atoms with Crippen LogP contribution in [0.2, 0.25) is 5.02 Å². The fourth-order valence-corrected chi connectivity index (χ4v) is 3.56. The summed E-state index contributed by atoms with van der Waals surface area (Å²) in [5.41, 5.74) is 0.205. The summed E-state index contributed by atoms with van der Waals surface area (Å²) in [5, 5.41) is 15.3. The molecule has 0 radical (unpaired) electrons. The van der Waals surface area contributed by atoms with Crippen molar-refractivity contribution in [1.82, 2.24) is 19.9 Å². The number of nitrogens with zero attached hydrogens (tertiary/aromatic N) is 2. The van der Waals surface area contributed by atoms with Crippen LogP contribution in [0.3, 0.4) is 0 Å². The molecule has 32 heavy (non-hydrogen) atoms. The highest BCUT2D eigenvalue weighted by Gasteiger charge is 2.40. The molecule has 2 aromatic heterocycles. The Hall–Kier alpha value is -2.92. The van der Waals surface area contributed by atoms with Crippen LogP contribution in [0.1, 0.15) is 34.7 Å². The van der Waals surface area contributed by atoms with Crippen molar-refractivity contribution in [3.63, 3.8) is 0 Å². The van der Waals surface area contributed by atoms with E-state index in [2.05, 4.69) is 15.4 Å². The maximum atomic E-state index is 13.8. The second kappa shape index (κ2) is 8.21. The third-order valence-corrected chi connectivity index (χ3v) is 5.60. The fourth-order valence-electron chi connectivity index (χ4n) is 3.45. The van der Waals surface area contributed by atoms with Gasteiger partial charge in [0.25, 0.3) is 11.5 Å². The number of nitrogens with one attached hydrogen (secondary N) is 2. The van der Waals surface area contributed by atoms with Crippen LogP contribution in [0.4, 0.5) is 17.6 Å². The van der Waals surface area contributed by atoms with Gasteiger partial charge < -0.3 is 15.4 Å². The average Bonchev–Trinajstić information content (AvgIpc) is 3.48. The number of carbonyl (C=O) groups excluding carboxylic acids is 1. The number of hydrogen-bond acceptors (Lipinski definition) is 4. The molecule has 1 aliphatic carbocycles. The zero-order valence-electron chi connectivity index (χ0n) is 16.3. The lowest BCUT2D eigenvalue weighted by atomic mass is 10.1. The molecular formula is C20H17ClF4N4O3. The summed E-state index contributed by atoms with van der Waals surface area (Å²) in [5.74, 6) is -3.70. The van der Waals surface area contributed by atoms with E-state index in [0.717, 1.165) is 6.07 Å². The molecule has 2 heterocycles. The Balaban J connectivity index is 1.73. The van der Waals surface area contributed by atoms with Crippen molar-refractivity contribution in [3.8, 4) is 11.4 Å². The molecule has 0 aliphatic heterocycles. The van der Waals surface area contributed by atoms with Gasteiger partial charge in [0.05, 0.1) is 23.1 Å². The maximum absolute atomic E-state index is 13.8. The van der Waals surface area contributed by atoms with Gasteiger partial charge in [-0.2, -0.15) is 13.2 Å². The molecule has 1 aliphatic rings. The van der Waals surface area contributed by atoms with Crippen molar-refractivity contribution in [3.05, 3.63) is 56.7 Å².